The molecule has 4 heteroatoms. The molecule has 1 rings (SSSR count). The molecule has 1 heterocycles. The minimum Gasteiger partial charge on any atom is -0.343 e. The van der Waals surface area contributed by atoms with Gasteiger partial charge in [0.25, 0.3) is 0 Å². The molecule has 10 heavy (non-hydrogen) atoms. The Balaban J connectivity index is 2.47. The summed E-state index contributed by atoms with van der Waals surface area (Å²) in [6.45, 7) is 9.40. The van der Waals surface area contributed by atoms with Gasteiger partial charge in [-0.25, -0.2) is 0 Å². The minimum atomic E-state index is -0.582. The summed E-state index contributed by atoms with van der Waals surface area (Å²) < 4.78 is 6.36. The first-order valence-corrected chi connectivity index (χ1v) is 7.67. The average molecular weight is 174 g/mol. The van der Waals surface area contributed by atoms with E-state index in [1.54, 1.807) is 0 Å². The molecule has 1 N–H and O–H groups in total. The molecule has 0 saturated carbocycles. The van der Waals surface area contributed by atoms with Gasteiger partial charge in [-0.15, -0.1) is 0 Å². The van der Waals surface area contributed by atoms with Crippen molar-refractivity contribution >= 4 is 19.0 Å². The van der Waals surface area contributed by atoms with Crippen molar-refractivity contribution in [2.45, 2.75) is 39.3 Å². The summed E-state index contributed by atoms with van der Waals surface area (Å²) in [6.07, 6.45) is 1.29. The summed E-state index contributed by atoms with van der Waals surface area (Å²) in [5.74, 6) is 0. The zero-order chi connectivity index (χ0) is 7.78. The molecule has 0 spiro atoms. The SMILES string of the molecule is CCC(C)(C)N1[SiH2]N[SiH]1C. The third kappa shape index (κ3) is 1.34. The quantitative estimate of drug-likeness (QED) is 0.590. The van der Waals surface area contributed by atoms with Gasteiger partial charge in [0.05, 0.1) is 0 Å². The van der Waals surface area contributed by atoms with Crippen molar-refractivity contribution in [1.29, 1.82) is 0 Å². The highest BCUT2D eigenvalue weighted by Crippen LogP contribution is 2.20. The average Bonchev–Trinajstić information content (AvgIpc) is 1.84. The van der Waals surface area contributed by atoms with Crippen LogP contribution in [0.1, 0.15) is 27.2 Å². The van der Waals surface area contributed by atoms with Crippen LogP contribution in [0, 0.1) is 0 Å². The van der Waals surface area contributed by atoms with E-state index < -0.39 is 9.12 Å². The van der Waals surface area contributed by atoms with E-state index in [0.29, 0.717) is 5.54 Å². The van der Waals surface area contributed by atoms with Crippen molar-refractivity contribution in [2.24, 2.45) is 0 Å². The fourth-order valence-corrected chi connectivity index (χ4v) is 6.11. The molecule has 0 aromatic heterocycles. The molecule has 1 unspecified atom stereocenters. The maximum Gasteiger partial charge on any atom is 0.172 e. The van der Waals surface area contributed by atoms with E-state index in [1.165, 1.54) is 6.42 Å². The van der Waals surface area contributed by atoms with Gasteiger partial charge in [-0.1, -0.05) is 6.92 Å². The maximum absolute atomic E-state index is 3.60. The molecule has 1 aliphatic heterocycles. The lowest BCUT2D eigenvalue weighted by atomic mass is 10.0. The van der Waals surface area contributed by atoms with Crippen LogP contribution in [-0.4, -0.2) is 28.7 Å². The molecule has 0 aliphatic carbocycles. The summed E-state index contributed by atoms with van der Waals surface area (Å²) >= 11 is 0. The molecule has 1 aliphatic rings. The van der Waals surface area contributed by atoms with E-state index in [4.69, 9.17) is 0 Å². The summed E-state index contributed by atoms with van der Waals surface area (Å²) in [5, 5.41) is 0. The van der Waals surface area contributed by atoms with Gasteiger partial charge >= 0.3 is 0 Å². The molecule has 1 fully saturated rings. The smallest absolute Gasteiger partial charge is 0.172 e. The van der Waals surface area contributed by atoms with Crippen molar-refractivity contribution in [1.82, 2.24) is 8.88 Å². The fourth-order valence-electron chi connectivity index (χ4n) is 1.31. The first kappa shape index (κ1) is 8.45. The first-order valence-electron chi connectivity index (χ1n) is 4.08. The Morgan fingerprint density at radius 3 is 2.30 bits per heavy atom. The lowest BCUT2D eigenvalue weighted by molar-refractivity contribution is 0.304. The summed E-state index contributed by atoms with van der Waals surface area (Å²) in [6, 6.07) is 0. The highest BCUT2D eigenvalue weighted by molar-refractivity contribution is 6.76. The van der Waals surface area contributed by atoms with Crippen LogP contribution in [0.15, 0.2) is 0 Å². The Hall–Kier alpha value is 0.354. The van der Waals surface area contributed by atoms with Gasteiger partial charge in [0.2, 0.25) is 0 Å². The van der Waals surface area contributed by atoms with Crippen LogP contribution in [0.2, 0.25) is 6.55 Å². The summed E-state index contributed by atoms with van der Waals surface area (Å²) in [4.78, 5) is 0. The minimum absolute atomic E-state index is 0.00137. The topological polar surface area (TPSA) is 15.3 Å². The Kier molecular flexibility index (Phi) is 2.34. The highest BCUT2D eigenvalue weighted by Gasteiger charge is 2.35. The van der Waals surface area contributed by atoms with Gasteiger partial charge in [-0.05, 0) is 26.8 Å². The number of hydrogen-bond acceptors (Lipinski definition) is 2. The van der Waals surface area contributed by atoms with Crippen molar-refractivity contribution in [2.75, 3.05) is 0 Å². The fraction of sp³-hybridized carbons (Fsp3) is 1.00. The third-order valence-corrected chi connectivity index (χ3v) is 10.8. The second-order valence-corrected chi connectivity index (χ2v) is 9.01. The van der Waals surface area contributed by atoms with Crippen LogP contribution >= 0.6 is 0 Å². The van der Waals surface area contributed by atoms with Crippen LogP contribution in [0.3, 0.4) is 0 Å². The zero-order valence-electron chi connectivity index (χ0n) is 7.44. The van der Waals surface area contributed by atoms with Crippen molar-refractivity contribution in [3.05, 3.63) is 0 Å². The van der Waals surface area contributed by atoms with Gasteiger partial charge in [-0.3, -0.25) is 0 Å². The van der Waals surface area contributed by atoms with Crippen molar-refractivity contribution < 1.29 is 0 Å². The first-order chi connectivity index (χ1) is 4.58. The van der Waals surface area contributed by atoms with Gasteiger partial charge in [0.15, 0.2) is 19.0 Å². The number of nitrogens with zero attached hydrogens (tertiary/aromatic N) is 1. The van der Waals surface area contributed by atoms with Gasteiger partial charge in [-0.2, -0.15) is 0 Å². The van der Waals surface area contributed by atoms with Crippen LogP contribution in [-0.2, 0) is 0 Å². The molecule has 2 nitrogen and oxygen atoms in total. The van der Waals surface area contributed by atoms with Crippen molar-refractivity contribution in [3.8, 4) is 0 Å². The van der Waals surface area contributed by atoms with E-state index in [9.17, 15) is 0 Å². The predicted molar refractivity (Wildman–Crippen MR) is 50.9 cm³/mol. The molecule has 0 aromatic rings. The third-order valence-electron chi connectivity index (χ3n) is 2.67. The molecular formula is C6H18N2Si2. The van der Waals surface area contributed by atoms with E-state index >= 15 is 0 Å². The summed E-state index contributed by atoms with van der Waals surface area (Å²) in [7, 11) is -0.580. The van der Waals surface area contributed by atoms with Crippen LogP contribution in [0.4, 0.5) is 0 Å². The molecule has 60 valence electrons. The monoisotopic (exact) mass is 174 g/mol. The predicted octanol–water partition coefficient (Wildman–Crippen LogP) is -0.0707. The Morgan fingerprint density at radius 2 is 2.20 bits per heavy atom. The second-order valence-electron chi connectivity index (χ2n) is 3.67. The number of hydrogen-bond donors (Lipinski definition) is 1. The Bertz CT molecular complexity index is 127. The van der Waals surface area contributed by atoms with E-state index in [2.05, 4.69) is 36.2 Å². The van der Waals surface area contributed by atoms with Gasteiger partial charge in [0.1, 0.15) is 0 Å². The normalized spacial score (nSPS) is 30.6. The van der Waals surface area contributed by atoms with Gasteiger partial charge in [0, 0.05) is 5.54 Å². The van der Waals surface area contributed by atoms with Crippen molar-refractivity contribution in [3.63, 3.8) is 0 Å². The summed E-state index contributed by atoms with van der Waals surface area (Å²) in [5.41, 5.74) is 0.503. The molecule has 1 atom stereocenters. The molecule has 0 radical (unpaired) electrons. The Morgan fingerprint density at radius 1 is 1.60 bits per heavy atom. The lowest BCUT2D eigenvalue weighted by Crippen LogP contribution is -2.73. The maximum atomic E-state index is 3.60. The van der Waals surface area contributed by atoms with E-state index in [0.717, 1.165) is 0 Å². The zero-order valence-corrected chi connectivity index (χ0v) is 10.0. The van der Waals surface area contributed by atoms with E-state index in [1.807, 2.05) is 0 Å². The molecular weight excluding hydrogens is 156 g/mol. The highest BCUT2D eigenvalue weighted by atomic mass is 28.4. The molecule has 0 bridgehead atoms. The van der Waals surface area contributed by atoms with E-state index in [-0.39, 0.29) is 9.84 Å². The molecule has 0 aromatic carbocycles. The lowest BCUT2D eigenvalue weighted by Gasteiger charge is -2.49. The number of rotatable bonds is 2. The van der Waals surface area contributed by atoms with Crippen LogP contribution < -0.4 is 4.65 Å². The Labute approximate surface area is 67.7 Å². The largest absolute Gasteiger partial charge is 0.343 e. The molecule has 0 amide bonds. The number of nitrogens with one attached hydrogen (secondary N) is 1. The van der Waals surface area contributed by atoms with Crippen LogP contribution in [0.5, 0.6) is 0 Å². The van der Waals surface area contributed by atoms with Gasteiger partial charge < -0.3 is 8.88 Å². The molecule has 1 saturated heterocycles. The van der Waals surface area contributed by atoms with Crippen LogP contribution in [0.25, 0.3) is 0 Å². The standard InChI is InChI=1S/C6H18N2Si2/c1-5-6(2,3)8-9-7-10(8)4/h7,10H,5,9H2,1-4H3. The second kappa shape index (κ2) is 2.77.